The van der Waals surface area contributed by atoms with E-state index in [0.29, 0.717) is 17.0 Å². The third-order valence-electron chi connectivity index (χ3n) is 4.12. The summed E-state index contributed by atoms with van der Waals surface area (Å²) in [5.74, 6) is -1.30. The molecule has 144 valence electrons. The quantitative estimate of drug-likeness (QED) is 0.749. The number of carbonyl (C=O) groups is 2. The Morgan fingerprint density at radius 3 is 2.48 bits per heavy atom. The molecule has 1 N–H and O–H groups in total. The van der Waals surface area contributed by atoms with Gasteiger partial charge in [0, 0.05) is 18.6 Å². The van der Waals surface area contributed by atoms with Gasteiger partial charge in [-0.1, -0.05) is 48.9 Å². The van der Waals surface area contributed by atoms with E-state index >= 15 is 0 Å². The normalized spacial score (nSPS) is 11.6. The van der Waals surface area contributed by atoms with Crippen molar-refractivity contribution in [3.05, 3.63) is 64.9 Å². The van der Waals surface area contributed by atoms with Crippen molar-refractivity contribution in [1.82, 2.24) is 10.2 Å². The number of carbonyl (C=O) groups excluding carboxylic acids is 2. The van der Waals surface area contributed by atoms with Crippen molar-refractivity contribution >= 4 is 23.4 Å². The Labute approximate surface area is 163 Å². The number of ether oxygens (including phenoxy) is 1. The standard InChI is InChI=1S/C20H22ClFN2O3/c1-3-17(20(26)23-2)24(12-14-8-4-5-9-15(14)21)19(25)13-27-18-11-7-6-10-16(18)22/h4-11,17H,3,12-13H2,1-2H3,(H,23,26)/t17-/m0/s1. The van der Waals surface area contributed by atoms with Crippen molar-refractivity contribution in [3.8, 4) is 5.75 Å². The Bertz CT molecular complexity index is 800. The monoisotopic (exact) mass is 392 g/mol. The highest BCUT2D eigenvalue weighted by atomic mass is 35.5. The molecule has 0 radical (unpaired) electrons. The fourth-order valence-electron chi connectivity index (χ4n) is 2.68. The molecule has 0 saturated heterocycles. The molecule has 5 nitrogen and oxygen atoms in total. The molecule has 0 saturated carbocycles. The molecule has 2 aromatic carbocycles. The number of amides is 2. The van der Waals surface area contributed by atoms with Gasteiger partial charge in [-0.15, -0.1) is 0 Å². The number of nitrogens with one attached hydrogen (secondary N) is 1. The molecule has 7 heteroatoms. The topological polar surface area (TPSA) is 58.6 Å². The summed E-state index contributed by atoms with van der Waals surface area (Å²) in [5, 5.41) is 3.07. The first kappa shape index (κ1) is 20.7. The summed E-state index contributed by atoms with van der Waals surface area (Å²) in [6.45, 7) is 1.56. The van der Waals surface area contributed by atoms with E-state index in [1.165, 1.54) is 30.1 Å². The van der Waals surface area contributed by atoms with Crippen LogP contribution in [0.1, 0.15) is 18.9 Å². The van der Waals surface area contributed by atoms with E-state index in [-0.39, 0.29) is 24.8 Å². The van der Waals surface area contributed by atoms with Crippen molar-refractivity contribution in [2.45, 2.75) is 25.9 Å². The molecule has 2 rings (SSSR count). The van der Waals surface area contributed by atoms with Crippen LogP contribution < -0.4 is 10.1 Å². The number of para-hydroxylation sites is 1. The maximum absolute atomic E-state index is 13.7. The lowest BCUT2D eigenvalue weighted by Crippen LogP contribution is -2.49. The minimum atomic E-state index is -0.692. The van der Waals surface area contributed by atoms with Gasteiger partial charge in [-0.25, -0.2) is 4.39 Å². The molecule has 1 atom stereocenters. The fourth-order valence-corrected chi connectivity index (χ4v) is 2.88. The van der Waals surface area contributed by atoms with Crippen molar-refractivity contribution in [1.29, 1.82) is 0 Å². The van der Waals surface area contributed by atoms with Gasteiger partial charge in [-0.2, -0.15) is 0 Å². The molecule has 0 unspecified atom stereocenters. The predicted octanol–water partition coefficient (Wildman–Crippen LogP) is 3.41. The van der Waals surface area contributed by atoms with Crippen molar-refractivity contribution in [2.24, 2.45) is 0 Å². The van der Waals surface area contributed by atoms with Gasteiger partial charge in [0.2, 0.25) is 5.91 Å². The van der Waals surface area contributed by atoms with Gasteiger partial charge < -0.3 is 15.0 Å². The van der Waals surface area contributed by atoms with Gasteiger partial charge in [0.05, 0.1) is 0 Å². The predicted molar refractivity (Wildman–Crippen MR) is 102 cm³/mol. The minimum absolute atomic E-state index is 0.0171. The second-order valence-electron chi connectivity index (χ2n) is 5.87. The largest absolute Gasteiger partial charge is 0.481 e. The second kappa shape index (κ2) is 9.92. The molecule has 0 aliphatic carbocycles. The molecule has 0 fully saturated rings. The molecule has 0 aliphatic heterocycles. The summed E-state index contributed by atoms with van der Waals surface area (Å²) in [5.41, 5.74) is 0.709. The van der Waals surface area contributed by atoms with Gasteiger partial charge in [-0.05, 0) is 30.2 Å². The number of rotatable bonds is 8. The van der Waals surface area contributed by atoms with Crippen molar-refractivity contribution in [2.75, 3.05) is 13.7 Å². The van der Waals surface area contributed by atoms with E-state index in [0.717, 1.165) is 0 Å². The molecule has 27 heavy (non-hydrogen) atoms. The van der Waals surface area contributed by atoms with Gasteiger partial charge >= 0.3 is 0 Å². The van der Waals surface area contributed by atoms with Crippen LogP contribution in [0.15, 0.2) is 48.5 Å². The Hall–Kier alpha value is -2.60. The zero-order chi connectivity index (χ0) is 19.8. The smallest absolute Gasteiger partial charge is 0.261 e. The first-order chi connectivity index (χ1) is 13.0. The lowest BCUT2D eigenvalue weighted by molar-refractivity contribution is -0.142. The van der Waals surface area contributed by atoms with Crippen LogP contribution in [-0.2, 0) is 16.1 Å². The molecule has 0 aromatic heterocycles. The van der Waals surface area contributed by atoms with Crippen LogP contribution in [-0.4, -0.2) is 36.4 Å². The van der Waals surface area contributed by atoms with E-state index in [9.17, 15) is 14.0 Å². The fraction of sp³-hybridized carbons (Fsp3) is 0.300. The van der Waals surface area contributed by atoms with Gasteiger partial charge in [-0.3, -0.25) is 9.59 Å². The average Bonchev–Trinajstić information content (AvgIpc) is 2.68. The summed E-state index contributed by atoms with van der Waals surface area (Å²) in [7, 11) is 1.51. The summed E-state index contributed by atoms with van der Waals surface area (Å²) in [6, 6.07) is 12.2. The summed E-state index contributed by atoms with van der Waals surface area (Å²) < 4.78 is 19.0. The maximum Gasteiger partial charge on any atom is 0.261 e. The minimum Gasteiger partial charge on any atom is -0.481 e. The Balaban J connectivity index is 2.22. The summed E-state index contributed by atoms with van der Waals surface area (Å²) in [4.78, 5) is 26.5. The van der Waals surface area contributed by atoms with Gasteiger partial charge in [0.15, 0.2) is 18.2 Å². The second-order valence-corrected chi connectivity index (χ2v) is 6.28. The number of halogens is 2. The first-order valence-electron chi connectivity index (χ1n) is 8.59. The van der Waals surface area contributed by atoms with Crippen LogP contribution in [0.4, 0.5) is 4.39 Å². The maximum atomic E-state index is 13.7. The molecule has 0 bridgehead atoms. The van der Waals surface area contributed by atoms with Crippen molar-refractivity contribution in [3.63, 3.8) is 0 Å². The number of hydrogen-bond acceptors (Lipinski definition) is 3. The van der Waals surface area contributed by atoms with E-state index in [1.54, 1.807) is 30.3 Å². The van der Waals surface area contributed by atoms with Crippen LogP contribution in [0.3, 0.4) is 0 Å². The molecule has 2 aromatic rings. The average molecular weight is 393 g/mol. The molecule has 0 spiro atoms. The van der Waals surface area contributed by atoms with Crippen LogP contribution in [0.2, 0.25) is 5.02 Å². The first-order valence-corrected chi connectivity index (χ1v) is 8.97. The highest BCUT2D eigenvalue weighted by Gasteiger charge is 2.28. The van der Waals surface area contributed by atoms with Crippen LogP contribution in [0.25, 0.3) is 0 Å². The van der Waals surface area contributed by atoms with Gasteiger partial charge in [0.25, 0.3) is 5.91 Å². The molecular formula is C20H22ClFN2O3. The molecule has 0 aliphatic rings. The lowest BCUT2D eigenvalue weighted by atomic mass is 10.1. The Morgan fingerprint density at radius 1 is 1.19 bits per heavy atom. The molecule has 2 amide bonds. The van der Waals surface area contributed by atoms with E-state index in [4.69, 9.17) is 16.3 Å². The van der Waals surface area contributed by atoms with Gasteiger partial charge in [0.1, 0.15) is 6.04 Å². The summed E-state index contributed by atoms with van der Waals surface area (Å²) >= 11 is 6.21. The number of hydrogen-bond donors (Lipinski definition) is 1. The lowest BCUT2D eigenvalue weighted by Gasteiger charge is -2.30. The highest BCUT2D eigenvalue weighted by Crippen LogP contribution is 2.20. The number of benzene rings is 2. The molecular weight excluding hydrogens is 371 g/mol. The van der Waals surface area contributed by atoms with E-state index < -0.39 is 17.8 Å². The Kier molecular flexibility index (Phi) is 7.61. The van der Waals surface area contributed by atoms with E-state index in [2.05, 4.69) is 5.32 Å². The van der Waals surface area contributed by atoms with E-state index in [1.807, 2.05) is 6.92 Å². The summed E-state index contributed by atoms with van der Waals surface area (Å²) in [6.07, 6.45) is 0.412. The third kappa shape index (κ3) is 5.44. The van der Waals surface area contributed by atoms with Crippen LogP contribution in [0, 0.1) is 5.82 Å². The molecule has 0 heterocycles. The van der Waals surface area contributed by atoms with Crippen LogP contribution in [0.5, 0.6) is 5.75 Å². The zero-order valence-electron chi connectivity index (χ0n) is 15.2. The zero-order valence-corrected chi connectivity index (χ0v) is 16.0. The van der Waals surface area contributed by atoms with Crippen molar-refractivity contribution < 1.29 is 18.7 Å². The van der Waals surface area contributed by atoms with Crippen LogP contribution >= 0.6 is 11.6 Å². The SMILES string of the molecule is CC[C@@H](C(=O)NC)N(Cc1ccccc1Cl)C(=O)COc1ccccc1F. The number of likely N-dealkylation sites (N-methyl/N-ethyl adjacent to an activating group) is 1. The Morgan fingerprint density at radius 2 is 1.85 bits per heavy atom. The highest BCUT2D eigenvalue weighted by molar-refractivity contribution is 6.31. The number of nitrogens with zero attached hydrogens (tertiary/aromatic N) is 1. The third-order valence-corrected chi connectivity index (χ3v) is 4.49.